The van der Waals surface area contributed by atoms with Gasteiger partial charge in [-0.25, -0.2) is 4.79 Å². The normalized spacial score (nSPS) is 20.7. The van der Waals surface area contributed by atoms with Gasteiger partial charge in [-0.1, -0.05) is 30.3 Å². The van der Waals surface area contributed by atoms with Crippen molar-refractivity contribution in [1.82, 2.24) is 10.6 Å². The Balaban J connectivity index is 1.75. The standard InChI is InChI=1S/C22H33N3O4S/c1-30-12-11-18(23)21(27)24-14-16-7-9-17(10-8-16)20(26)25-19(22(28)29)13-15-5-3-2-4-6-15/h2-6,16-19H,7-14,23H2,1H3,(H,24,27)(H,25,26)(H,28,29)/t16?,17?,18-,19-/m0/s1. The van der Waals surface area contributed by atoms with E-state index in [0.29, 0.717) is 31.7 Å². The maximum Gasteiger partial charge on any atom is 0.326 e. The molecule has 1 aromatic carbocycles. The first-order chi connectivity index (χ1) is 14.4. The zero-order valence-corrected chi connectivity index (χ0v) is 18.3. The molecule has 7 nitrogen and oxygen atoms in total. The lowest BCUT2D eigenvalue weighted by atomic mass is 9.81. The summed E-state index contributed by atoms with van der Waals surface area (Å²) in [5, 5.41) is 15.1. The summed E-state index contributed by atoms with van der Waals surface area (Å²) >= 11 is 1.67. The smallest absolute Gasteiger partial charge is 0.326 e. The third-order valence-electron chi connectivity index (χ3n) is 5.65. The molecule has 8 heteroatoms. The van der Waals surface area contributed by atoms with Crippen molar-refractivity contribution in [3.63, 3.8) is 0 Å². The summed E-state index contributed by atoms with van der Waals surface area (Å²) in [6, 6.07) is 7.88. The Morgan fingerprint density at radius 1 is 1.17 bits per heavy atom. The van der Waals surface area contributed by atoms with Crippen LogP contribution in [0.3, 0.4) is 0 Å². The van der Waals surface area contributed by atoms with Crippen molar-refractivity contribution in [2.24, 2.45) is 17.6 Å². The summed E-state index contributed by atoms with van der Waals surface area (Å²) in [6.45, 7) is 0.575. The molecule has 166 valence electrons. The molecule has 2 atom stereocenters. The molecule has 1 aliphatic carbocycles. The van der Waals surface area contributed by atoms with E-state index in [1.807, 2.05) is 36.6 Å². The summed E-state index contributed by atoms with van der Waals surface area (Å²) < 4.78 is 0. The number of carboxylic acid groups (broad SMARTS) is 1. The van der Waals surface area contributed by atoms with Crippen molar-refractivity contribution in [2.45, 2.75) is 50.6 Å². The molecule has 0 aromatic heterocycles. The topological polar surface area (TPSA) is 122 Å². The fourth-order valence-corrected chi connectivity index (χ4v) is 4.21. The van der Waals surface area contributed by atoms with E-state index >= 15 is 0 Å². The van der Waals surface area contributed by atoms with Crippen LogP contribution in [0.5, 0.6) is 0 Å². The van der Waals surface area contributed by atoms with Crippen molar-refractivity contribution in [1.29, 1.82) is 0 Å². The third-order valence-corrected chi connectivity index (χ3v) is 6.29. The van der Waals surface area contributed by atoms with Crippen LogP contribution in [0.25, 0.3) is 0 Å². The van der Waals surface area contributed by atoms with Crippen LogP contribution in [0, 0.1) is 11.8 Å². The molecule has 0 saturated heterocycles. The molecule has 0 unspecified atom stereocenters. The number of aliphatic carboxylic acids is 1. The maximum atomic E-state index is 12.6. The summed E-state index contributed by atoms with van der Waals surface area (Å²) in [5.41, 5.74) is 6.76. The molecular formula is C22H33N3O4S. The first kappa shape index (κ1) is 24.2. The zero-order chi connectivity index (χ0) is 21.9. The number of carboxylic acids is 1. The fraction of sp³-hybridized carbons (Fsp3) is 0.591. The Labute approximate surface area is 182 Å². The molecule has 0 aliphatic heterocycles. The Hall–Kier alpha value is -2.06. The van der Waals surface area contributed by atoms with E-state index in [2.05, 4.69) is 10.6 Å². The van der Waals surface area contributed by atoms with Crippen LogP contribution in [0.4, 0.5) is 0 Å². The van der Waals surface area contributed by atoms with Crippen molar-refractivity contribution in [3.05, 3.63) is 35.9 Å². The minimum atomic E-state index is -1.03. The van der Waals surface area contributed by atoms with Crippen LogP contribution < -0.4 is 16.4 Å². The van der Waals surface area contributed by atoms with E-state index in [-0.39, 0.29) is 24.2 Å². The van der Waals surface area contributed by atoms with E-state index in [0.717, 1.165) is 24.2 Å². The van der Waals surface area contributed by atoms with Gasteiger partial charge >= 0.3 is 5.97 Å². The second kappa shape index (κ2) is 12.6. The average molecular weight is 436 g/mol. The van der Waals surface area contributed by atoms with Crippen LogP contribution in [0.2, 0.25) is 0 Å². The molecule has 0 radical (unpaired) electrons. The number of hydrogen-bond donors (Lipinski definition) is 4. The van der Waals surface area contributed by atoms with Gasteiger partial charge in [0.15, 0.2) is 0 Å². The van der Waals surface area contributed by atoms with Crippen LogP contribution >= 0.6 is 11.8 Å². The molecule has 1 fully saturated rings. The fourth-order valence-electron chi connectivity index (χ4n) is 3.72. The lowest BCUT2D eigenvalue weighted by Crippen LogP contribution is -2.46. The van der Waals surface area contributed by atoms with Gasteiger partial charge in [0.05, 0.1) is 6.04 Å². The SMILES string of the molecule is CSCC[C@H](N)C(=O)NCC1CCC(C(=O)N[C@@H](Cc2ccccc2)C(=O)O)CC1. The van der Waals surface area contributed by atoms with Crippen LogP contribution in [-0.4, -0.2) is 53.5 Å². The summed E-state index contributed by atoms with van der Waals surface area (Å²) in [5.74, 6) is -0.338. The minimum absolute atomic E-state index is 0.117. The Kier molecular flexibility index (Phi) is 10.2. The van der Waals surface area contributed by atoms with Gasteiger partial charge in [-0.15, -0.1) is 0 Å². The van der Waals surface area contributed by atoms with Gasteiger partial charge in [0.2, 0.25) is 11.8 Å². The summed E-state index contributed by atoms with van der Waals surface area (Å²) in [7, 11) is 0. The molecule has 0 heterocycles. The number of amides is 2. The van der Waals surface area contributed by atoms with E-state index in [4.69, 9.17) is 5.73 Å². The van der Waals surface area contributed by atoms with E-state index < -0.39 is 18.1 Å². The number of nitrogens with two attached hydrogens (primary N) is 1. The van der Waals surface area contributed by atoms with Gasteiger partial charge in [-0.3, -0.25) is 9.59 Å². The molecule has 1 saturated carbocycles. The first-order valence-corrected chi connectivity index (χ1v) is 11.9. The van der Waals surface area contributed by atoms with Gasteiger partial charge in [0.25, 0.3) is 0 Å². The highest BCUT2D eigenvalue weighted by Gasteiger charge is 2.29. The molecule has 2 amide bonds. The Morgan fingerprint density at radius 3 is 2.43 bits per heavy atom. The molecule has 1 aliphatic rings. The van der Waals surface area contributed by atoms with Crippen LogP contribution in [-0.2, 0) is 20.8 Å². The largest absolute Gasteiger partial charge is 0.480 e. The van der Waals surface area contributed by atoms with E-state index in [1.165, 1.54) is 0 Å². The molecule has 0 bridgehead atoms. The summed E-state index contributed by atoms with van der Waals surface area (Å²) in [4.78, 5) is 36.2. The number of benzene rings is 1. The van der Waals surface area contributed by atoms with Crippen molar-refractivity contribution in [3.8, 4) is 0 Å². The third kappa shape index (κ3) is 7.99. The van der Waals surface area contributed by atoms with Gasteiger partial charge in [0, 0.05) is 18.9 Å². The van der Waals surface area contributed by atoms with Crippen molar-refractivity contribution < 1.29 is 19.5 Å². The minimum Gasteiger partial charge on any atom is -0.480 e. The van der Waals surface area contributed by atoms with Crippen LogP contribution in [0.15, 0.2) is 30.3 Å². The average Bonchev–Trinajstić information content (AvgIpc) is 2.76. The number of carbonyl (C=O) groups excluding carboxylic acids is 2. The highest BCUT2D eigenvalue weighted by atomic mass is 32.2. The highest BCUT2D eigenvalue weighted by Crippen LogP contribution is 2.28. The van der Waals surface area contributed by atoms with Gasteiger partial charge in [-0.05, 0) is 55.6 Å². The number of carbonyl (C=O) groups is 3. The highest BCUT2D eigenvalue weighted by molar-refractivity contribution is 7.98. The van der Waals surface area contributed by atoms with Crippen molar-refractivity contribution >= 4 is 29.5 Å². The van der Waals surface area contributed by atoms with E-state index in [9.17, 15) is 19.5 Å². The molecule has 5 N–H and O–H groups in total. The first-order valence-electron chi connectivity index (χ1n) is 10.5. The van der Waals surface area contributed by atoms with Crippen molar-refractivity contribution in [2.75, 3.05) is 18.6 Å². The Morgan fingerprint density at radius 2 is 1.83 bits per heavy atom. The predicted molar refractivity (Wildman–Crippen MR) is 119 cm³/mol. The molecule has 1 aromatic rings. The predicted octanol–water partition coefficient (Wildman–Crippen LogP) is 1.80. The molecule has 30 heavy (non-hydrogen) atoms. The quantitative estimate of drug-likeness (QED) is 0.421. The number of thioether (sulfide) groups is 1. The van der Waals surface area contributed by atoms with Gasteiger partial charge in [-0.2, -0.15) is 11.8 Å². The molecule has 0 spiro atoms. The number of hydrogen-bond acceptors (Lipinski definition) is 5. The lowest BCUT2D eigenvalue weighted by molar-refractivity contribution is -0.142. The molecular weight excluding hydrogens is 402 g/mol. The second-order valence-corrected chi connectivity index (χ2v) is 8.93. The Bertz CT molecular complexity index is 693. The zero-order valence-electron chi connectivity index (χ0n) is 17.5. The monoisotopic (exact) mass is 435 g/mol. The lowest BCUT2D eigenvalue weighted by Gasteiger charge is -2.29. The van der Waals surface area contributed by atoms with Gasteiger partial charge in [0.1, 0.15) is 6.04 Å². The summed E-state index contributed by atoms with van der Waals surface area (Å²) in [6.07, 6.45) is 5.96. The maximum absolute atomic E-state index is 12.6. The van der Waals surface area contributed by atoms with E-state index in [1.54, 1.807) is 11.8 Å². The van der Waals surface area contributed by atoms with Crippen LogP contribution in [0.1, 0.15) is 37.7 Å². The number of nitrogens with one attached hydrogen (secondary N) is 2. The number of rotatable bonds is 11. The second-order valence-electron chi connectivity index (χ2n) is 7.94. The molecule has 2 rings (SSSR count). The van der Waals surface area contributed by atoms with Gasteiger partial charge < -0.3 is 21.5 Å².